The summed E-state index contributed by atoms with van der Waals surface area (Å²) < 4.78 is 18.8. The van der Waals surface area contributed by atoms with Gasteiger partial charge in [0.05, 0.1) is 0 Å². The highest BCUT2D eigenvalue weighted by Gasteiger charge is 2.48. The molecule has 2 fully saturated rings. The van der Waals surface area contributed by atoms with Crippen LogP contribution in [-0.2, 0) is 14.3 Å². The number of nitrogens with zero attached hydrogens (tertiary/aromatic N) is 2. The van der Waals surface area contributed by atoms with E-state index >= 15 is 0 Å². The monoisotopic (exact) mass is 334 g/mol. The van der Waals surface area contributed by atoms with Crippen molar-refractivity contribution in [2.45, 2.75) is 31.8 Å². The number of hydrogen-bond acceptors (Lipinski definition) is 4. The first kappa shape index (κ1) is 16.4. The highest BCUT2D eigenvalue weighted by Crippen LogP contribution is 2.29. The number of carbonyl (C=O) groups is 3. The number of rotatable bonds is 3. The standard InChI is InChI=1S/C17H19FN2O4/c1-17(2)15(22)20(16(23)24-17)10-14(21)19-8-7-11(9-19)12-5-3-4-6-13(12)18/h3-6,11H,7-10H2,1-2H3/t11-/m1/s1. The van der Waals surface area contributed by atoms with Gasteiger partial charge >= 0.3 is 6.09 Å². The van der Waals surface area contributed by atoms with Crippen LogP contribution < -0.4 is 0 Å². The van der Waals surface area contributed by atoms with Crippen molar-refractivity contribution < 1.29 is 23.5 Å². The molecule has 3 rings (SSSR count). The summed E-state index contributed by atoms with van der Waals surface area (Å²) in [6.45, 7) is 3.48. The Balaban J connectivity index is 1.64. The molecule has 2 saturated heterocycles. The van der Waals surface area contributed by atoms with Gasteiger partial charge in [-0.25, -0.2) is 14.1 Å². The minimum absolute atomic E-state index is 0.0761. The molecule has 0 aliphatic carbocycles. The minimum Gasteiger partial charge on any atom is -0.433 e. The Morgan fingerprint density at radius 2 is 2.04 bits per heavy atom. The Labute approximate surface area is 139 Å². The number of benzene rings is 1. The molecule has 24 heavy (non-hydrogen) atoms. The van der Waals surface area contributed by atoms with Gasteiger partial charge in [-0.1, -0.05) is 18.2 Å². The van der Waals surface area contributed by atoms with Gasteiger partial charge in [-0.15, -0.1) is 0 Å². The van der Waals surface area contributed by atoms with Crippen molar-refractivity contribution in [3.8, 4) is 0 Å². The number of carbonyl (C=O) groups excluding carboxylic acids is 3. The highest BCUT2D eigenvalue weighted by atomic mass is 19.1. The lowest BCUT2D eigenvalue weighted by atomic mass is 9.98. The third-order valence-electron chi connectivity index (χ3n) is 4.50. The summed E-state index contributed by atoms with van der Waals surface area (Å²) >= 11 is 0. The van der Waals surface area contributed by atoms with E-state index in [0.717, 1.165) is 4.90 Å². The Morgan fingerprint density at radius 1 is 1.33 bits per heavy atom. The maximum atomic E-state index is 13.9. The summed E-state index contributed by atoms with van der Waals surface area (Å²) in [5, 5.41) is 0. The van der Waals surface area contributed by atoms with Crippen LogP contribution in [0.1, 0.15) is 31.7 Å². The lowest BCUT2D eigenvalue weighted by Crippen LogP contribution is -2.43. The van der Waals surface area contributed by atoms with E-state index in [0.29, 0.717) is 25.1 Å². The second kappa shape index (κ2) is 5.89. The molecule has 6 nitrogen and oxygen atoms in total. The van der Waals surface area contributed by atoms with Crippen molar-refractivity contribution in [3.05, 3.63) is 35.6 Å². The second-order valence-electron chi connectivity index (χ2n) is 6.62. The average Bonchev–Trinajstić information content (AvgIpc) is 3.07. The van der Waals surface area contributed by atoms with Crippen LogP contribution >= 0.6 is 0 Å². The Kier molecular flexibility index (Phi) is 4.03. The van der Waals surface area contributed by atoms with Gasteiger partial charge in [0.1, 0.15) is 12.4 Å². The summed E-state index contributed by atoms with van der Waals surface area (Å²) in [5.41, 5.74) is -0.650. The molecule has 2 aliphatic heterocycles. The molecular formula is C17H19FN2O4. The zero-order valence-corrected chi connectivity index (χ0v) is 13.6. The largest absolute Gasteiger partial charge is 0.433 e. The lowest BCUT2D eigenvalue weighted by molar-refractivity contribution is -0.139. The van der Waals surface area contributed by atoms with Crippen LogP contribution in [0.4, 0.5) is 9.18 Å². The summed E-state index contributed by atoms with van der Waals surface area (Å²) in [5.74, 6) is -1.22. The first-order valence-corrected chi connectivity index (χ1v) is 7.87. The van der Waals surface area contributed by atoms with Gasteiger partial charge < -0.3 is 9.64 Å². The van der Waals surface area contributed by atoms with E-state index in [2.05, 4.69) is 0 Å². The molecule has 0 spiro atoms. The molecule has 0 N–H and O–H groups in total. The zero-order valence-electron chi connectivity index (χ0n) is 13.6. The molecule has 1 atom stereocenters. The zero-order chi connectivity index (χ0) is 17.5. The Bertz CT molecular complexity index is 704. The Hall–Kier alpha value is -2.44. The molecule has 1 aromatic carbocycles. The first-order valence-electron chi connectivity index (χ1n) is 7.87. The van der Waals surface area contributed by atoms with Crippen LogP contribution in [0.15, 0.2) is 24.3 Å². The van der Waals surface area contributed by atoms with Gasteiger partial charge in [-0.3, -0.25) is 9.59 Å². The van der Waals surface area contributed by atoms with Crippen molar-refractivity contribution in [2.75, 3.05) is 19.6 Å². The predicted octanol–water partition coefficient (Wildman–Crippen LogP) is 1.90. The molecule has 0 unspecified atom stereocenters. The van der Waals surface area contributed by atoms with E-state index in [-0.39, 0.29) is 24.2 Å². The first-order chi connectivity index (χ1) is 11.3. The van der Waals surface area contributed by atoms with Crippen molar-refractivity contribution in [1.82, 2.24) is 9.80 Å². The van der Waals surface area contributed by atoms with Crippen LogP contribution in [0.25, 0.3) is 0 Å². The number of ether oxygens (including phenoxy) is 1. The van der Waals surface area contributed by atoms with Crippen LogP contribution in [-0.4, -0.2) is 52.9 Å². The molecule has 0 aromatic heterocycles. The SMILES string of the molecule is CC1(C)OC(=O)N(CC(=O)N2CC[C@@H](c3ccccc3F)C2)C1=O. The summed E-state index contributed by atoms with van der Waals surface area (Å²) in [4.78, 5) is 38.6. The van der Waals surface area contributed by atoms with E-state index < -0.39 is 17.6 Å². The molecule has 2 aliphatic rings. The second-order valence-corrected chi connectivity index (χ2v) is 6.62. The quantitative estimate of drug-likeness (QED) is 0.847. The predicted molar refractivity (Wildman–Crippen MR) is 82.6 cm³/mol. The van der Waals surface area contributed by atoms with E-state index in [4.69, 9.17) is 4.74 Å². The van der Waals surface area contributed by atoms with E-state index in [1.165, 1.54) is 19.9 Å². The van der Waals surface area contributed by atoms with Crippen molar-refractivity contribution >= 4 is 17.9 Å². The minimum atomic E-state index is -1.24. The molecule has 128 valence electrons. The third-order valence-corrected chi connectivity index (χ3v) is 4.50. The number of likely N-dealkylation sites (tertiary alicyclic amines) is 1. The molecular weight excluding hydrogens is 315 g/mol. The van der Waals surface area contributed by atoms with E-state index in [1.807, 2.05) is 0 Å². The topological polar surface area (TPSA) is 66.9 Å². The Morgan fingerprint density at radius 3 is 2.67 bits per heavy atom. The molecule has 0 saturated carbocycles. The average molecular weight is 334 g/mol. The summed E-state index contributed by atoms with van der Waals surface area (Å²) in [6.07, 6.45) is -0.153. The fourth-order valence-corrected chi connectivity index (χ4v) is 3.14. The molecule has 2 heterocycles. The van der Waals surface area contributed by atoms with Crippen molar-refractivity contribution in [3.63, 3.8) is 0 Å². The maximum Gasteiger partial charge on any atom is 0.418 e. The van der Waals surface area contributed by atoms with Crippen LogP contribution in [0.5, 0.6) is 0 Å². The third kappa shape index (κ3) is 2.86. The maximum absolute atomic E-state index is 13.9. The van der Waals surface area contributed by atoms with Gasteiger partial charge in [0, 0.05) is 19.0 Å². The highest BCUT2D eigenvalue weighted by molar-refractivity contribution is 6.04. The smallest absolute Gasteiger partial charge is 0.418 e. The molecule has 7 heteroatoms. The molecule has 0 bridgehead atoms. The molecule has 1 aromatic rings. The normalized spacial score (nSPS) is 22.9. The van der Waals surface area contributed by atoms with Crippen LogP contribution in [0.2, 0.25) is 0 Å². The van der Waals surface area contributed by atoms with Gasteiger partial charge in [0.15, 0.2) is 5.60 Å². The number of amides is 3. The van der Waals surface area contributed by atoms with E-state index in [9.17, 15) is 18.8 Å². The van der Waals surface area contributed by atoms with Gasteiger partial charge in [-0.2, -0.15) is 0 Å². The summed E-state index contributed by atoms with van der Waals surface area (Å²) in [7, 11) is 0. The van der Waals surface area contributed by atoms with E-state index in [1.54, 1.807) is 23.1 Å². The number of hydrogen-bond donors (Lipinski definition) is 0. The number of imide groups is 1. The number of halogens is 1. The lowest BCUT2D eigenvalue weighted by Gasteiger charge is -2.20. The van der Waals surface area contributed by atoms with Crippen LogP contribution in [0, 0.1) is 5.82 Å². The van der Waals surface area contributed by atoms with Gasteiger partial charge in [0.25, 0.3) is 5.91 Å². The van der Waals surface area contributed by atoms with Crippen molar-refractivity contribution in [1.29, 1.82) is 0 Å². The van der Waals surface area contributed by atoms with Crippen molar-refractivity contribution in [2.24, 2.45) is 0 Å². The number of cyclic esters (lactones) is 1. The molecule has 0 radical (unpaired) electrons. The van der Waals surface area contributed by atoms with Gasteiger partial charge in [0.2, 0.25) is 5.91 Å². The fraction of sp³-hybridized carbons (Fsp3) is 0.471. The molecule has 3 amide bonds. The van der Waals surface area contributed by atoms with Crippen LogP contribution in [0.3, 0.4) is 0 Å². The van der Waals surface area contributed by atoms with Gasteiger partial charge in [-0.05, 0) is 31.9 Å². The summed E-state index contributed by atoms with van der Waals surface area (Å²) in [6, 6.07) is 6.52. The fourth-order valence-electron chi connectivity index (χ4n) is 3.14.